The van der Waals surface area contributed by atoms with Crippen molar-refractivity contribution in [1.29, 1.82) is 0 Å². The highest BCUT2D eigenvalue weighted by atomic mass is 16.5. The van der Waals surface area contributed by atoms with E-state index in [2.05, 4.69) is 12.2 Å². The van der Waals surface area contributed by atoms with E-state index in [1.165, 1.54) is 13.2 Å². The van der Waals surface area contributed by atoms with Crippen LogP contribution in [-0.2, 0) is 0 Å². The van der Waals surface area contributed by atoms with Gasteiger partial charge in [-0.05, 0) is 43.4 Å². The second-order valence-corrected chi connectivity index (χ2v) is 4.97. The van der Waals surface area contributed by atoms with Crippen molar-refractivity contribution in [3.05, 3.63) is 23.8 Å². The number of phenols is 1. The molecule has 0 heterocycles. The number of nitrogens with one attached hydrogen (secondary N) is 1. The maximum absolute atomic E-state index is 12.1. The van der Waals surface area contributed by atoms with Gasteiger partial charge in [-0.15, -0.1) is 0 Å². The molecule has 0 spiro atoms. The Balaban J connectivity index is 2.08. The van der Waals surface area contributed by atoms with Gasteiger partial charge < -0.3 is 15.2 Å². The largest absolute Gasteiger partial charge is 0.507 e. The lowest BCUT2D eigenvalue weighted by molar-refractivity contribution is 0.0934. The summed E-state index contributed by atoms with van der Waals surface area (Å²) in [5.41, 5.74) is 0.272. The van der Waals surface area contributed by atoms with E-state index < -0.39 is 0 Å². The van der Waals surface area contributed by atoms with Crippen LogP contribution in [0, 0.1) is 5.92 Å². The van der Waals surface area contributed by atoms with E-state index in [4.69, 9.17) is 4.74 Å². The lowest BCUT2D eigenvalue weighted by atomic mass is 10.1. The summed E-state index contributed by atoms with van der Waals surface area (Å²) in [6.07, 6.45) is 3.17. The lowest BCUT2D eigenvalue weighted by Gasteiger charge is -2.13. The van der Waals surface area contributed by atoms with Gasteiger partial charge in [-0.3, -0.25) is 4.79 Å². The molecule has 0 aromatic heterocycles. The first-order chi connectivity index (χ1) is 8.60. The first-order valence-electron chi connectivity index (χ1n) is 6.28. The molecule has 1 amide bonds. The number of hydrogen-bond acceptors (Lipinski definition) is 3. The summed E-state index contributed by atoms with van der Waals surface area (Å²) >= 11 is 0. The van der Waals surface area contributed by atoms with Crippen LogP contribution in [0.3, 0.4) is 0 Å². The van der Waals surface area contributed by atoms with Gasteiger partial charge in [0.05, 0.1) is 12.7 Å². The molecule has 4 heteroatoms. The fraction of sp³-hybridized carbons (Fsp3) is 0.500. The average molecular weight is 249 g/mol. The minimum absolute atomic E-state index is 0.0145. The summed E-state index contributed by atoms with van der Waals surface area (Å²) in [6.45, 7) is 2.19. The topological polar surface area (TPSA) is 58.6 Å². The Morgan fingerprint density at radius 3 is 2.83 bits per heavy atom. The van der Waals surface area contributed by atoms with E-state index in [9.17, 15) is 9.90 Å². The average Bonchev–Trinajstić information content (AvgIpc) is 2.75. The van der Waals surface area contributed by atoms with E-state index in [1.807, 2.05) is 0 Å². The summed E-state index contributed by atoms with van der Waals surface area (Å²) in [5.74, 6) is 0.983. The van der Waals surface area contributed by atoms with Crippen molar-refractivity contribution in [2.45, 2.75) is 32.2 Å². The Kier molecular flexibility index (Phi) is 3.75. The van der Waals surface area contributed by atoms with Crippen LogP contribution < -0.4 is 10.1 Å². The number of ether oxygens (including phenoxy) is 1. The SMILES string of the molecule is COc1ccc(O)c(C(=O)NC2CCC(C)C2)c1. The smallest absolute Gasteiger partial charge is 0.255 e. The predicted molar refractivity (Wildman–Crippen MR) is 68.9 cm³/mol. The molecule has 0 aliphatic heterocycles. The number of phenolic OH excluding ortho intramolecular Hbond substituents is 1. The van der Waals surface area contributed by atoms with Gasteiger partial charge in [0, 0.05) is 6.04 Å². The number of carbonyl (C=O) groups excluding carboxylic acids is 1. The molecule has 2 unspecified atom stereocenters. The molecule has 1 aromatic rings. The molecular formula is C14H19NO3. The molecular weight excluding hydrogens is 230 g/mol. The molecule has 98 valence electrons. The number of amides is 1. The fourth-order valence-electron chi connectivity index (χ4n) is 2.43. The standard InChI is InChI=1S/C14H19NO3/c1-9-3-4-10(7-9)15-14(17)12-8-11(18-2)5-6-13(12)16/h5-6,8-10,16H,3-4,7H2,1-2H3,(H,15,17). The van der Waals surface area contributed by atoms with Crippen molar-refractivity contribution in [1.82, 2.24) is 5.32 Å². The summed E-state index contributed by atoms with van der Waals surface area (Å²) in [4.78, 5) is 12.1. The van der Waals surface area contributed by atoms with Crippen molar-refractivity contribution in [3.8, 4) is 11.5 Å². The zero-order chi connectivity index (χ0) is 13.1. The Morgan fingerprint density at radius 2 is 2.22 bits per heavy atom. The predicted octanol–water partition coefficient (Wildman–Crippen LogP) is 2.32. The van der Waals surface area contributed by atoms with Gasteiger partial charge in [0.25, 0.3) is 5.91 Å². The van der Waals surface area contributed by atoms with Crippen LogP contribution in [0.25, 0.3) is 0 Å². The van der Waals surface area contributed by atoms with Gasteiger partial charge in [-0.25, -0.2) is 0 Å². The van der Waals surface area contributed by atoms with E-state index in [-0.39, 0.29) is 23.3 Å². The molecule has 1 fully saturated rings. The quantitative estimate of drug-likeness (QED) is 0.864. The van der Waals surface area contributed by atoms with Crippen LogP contribution in [0.5, 0.6) is 11.5 Å². The summed E-state index contributed by atoms with van der Waals surface area (Å²) in [5, 5.41) is 12.7. The Labute approximate surface area is 107 Å². The molecule has 4 nitrogen and oxygen atoms in total. The zero-order valence-electron chi connectivity index (χ0n) is 10.8. The van der Waals surface area contributed by atoms with Gasteiger partial charge in [0.15, 0.2) is 0 Å². The number of aromatic hydroxyl groups is 1. The molecule has 2 rings (SSSR count). The van der Waals surface area contributed by atoms with E-state index in [0.717, 1.165) is 19.3 Å². The number of methoxy groups -OCH3 is 1. The second-order valence-electron chi connectivity index (χ2n) is 4.97. The molecule has 1 aliphatic rings. The number of carbonyl (C=O) groups is 1. The fourth-order valence-corrected chi connectivity index (χ4v) is 2.43. The highest BCUT2D eigenvalue weighted by Crippen LogP contribution is 2.26. The zero-order valence-corrected chi connectivity index (χ0v) is 10.8. The van der Waals surface area contributed by atoms with Crippen molar-refractivity contribution in [2.75, 3.05) is 7.11 Å². The Bertz CT molecular complexity index is 445. The molecule has 2 atom stereocenters. The molecule has 1 aromatic carbocycles. The normalized spacial score (nSPS) is 22.8. The third-order valence-corrected chi connectivity index (χ3v) is 3.48. The molecule has 1 saturated carbocycles. The van der Waals surface area contributed by atoms with Crippen LogP contribution in [0.15, 0.2) is 18.2 Å². The van der Waals surface area contributed by atoms with Crippen molar-refractivity contribution in [3.63, 3.8) is 0 Å². The summed E-state index contributed by atoms with van der Waals surface area (Å²) < 4.78 is 5.06. The highest BCUT2D eigenvalue weighted by molar-refractivity contribution is 5.97. The molecule has 0 bridgehead atoms. The molecule has 1 aliphatic carbocycles. The molecule has 18 heavy (non-hydrogen) atoms. The van der Waals surface area contributed by atoms with Crippen molar-refractivity contribution >= 4 is 5.91 Å². The summed E-state index contributed by atoms with van der Waals surface area (Å²) in [7, 11) is 1.53. The Hall–Kier alpha value is -1.71. The Morgan fingerprint density at radius 1 is 1.44 bits per heavy atom. The van der Waals surface area contributed by atoms with E-state index in [1.54, 1.807) is 12.1 Å². The summed E-state index contributed by atoms with van der Waals surface area (Å²) in [6, 6.07) is 4.88. The van der Waals surface area contributed by atoms with E-state index in [0.29, 0.717) is 11.7 Å². The van der Waals surface area contributed by atoms with Gasteiger partial charge in [0.2, 0.25) is 0 Å². The van der Waals surface area contributed by atoms with Crippen LogP contribution in [0.2, 0.25) is 0 Å². The first kappa shape index (κ1) is 12.7. The third-order valence-electron chi connectivity index (χ3n) is 3.48. The third kappa shape index (κ3) is 2.75. The minimum atomic E-state index is -0.231. The maximum atomic E-state index is 12.1. The minimum Gasteiger partial charge on any atom is -0.507 e. The maximum Gasteiger partial charge on any atom is 0.255 e. The monoisotopic (exact) mass is 249 g/mol. The van der Waals surface area contributed by atoms with Gasteiger partial charge in [0.1, 0.15) is 11.5 Å². The van der Waals surface area contributed by atoms with Crippen molar-refractivity contribution in [2.24, 2.45) is 5.92 Å². The van der Waals surface area contributed by atoms with Crippen LogP contribution in [0.1, 0.15) is 36.5 Å². The van der Waals surface area contributed by atoms with Crippen LogP contribution >= 0.6 is 0 Å². The van der Waals surface area contributed by atoms with Gasteiger partial charge >= 0.3 is 0 Å². The second kappa shape index (κ2) is 5.29. The van der Waals surface area contributed by atoms with Crippen molar-refractivity contribution < 1.29 is 14.6 Å². The molecule has 0 radical (unpaired) electrons. The lowest BCUT2D eigenvalue weighted by Crippen LogP contribution is -2.32. The first-order valence-corrected chi connectivity index (χ1v) is 6.28. The van der Waals surface area contributed by atoms with E-state index >= 15 is 0 Å². The van der Waals surface area contributed by atoms with Gasteiger partial charge in [-0.2, -0.15) is 0 Å². The van der Waals surface area contributed by atoms with Crippen LogP contribution in [-0.4, -0.2) is 24.2 Å². The van der Waals surface area contributed by atoms with Crippen LogP contribution in [0.4, 0.5) is 0 Å². The number of rotatable bonds is 3. The number of benzene rings is 1. The molecule has 2 N–H and O–H groups in total. The number of hydrogen-bond donors (Lipinski definition) is 2. The molecule has 0 saturated heterocycles. The highest BCUT2D eigenvalue weighted by Gasteiger charge is 2.24. The van der Waals surface area contributed by atoms with Gasteiger partial charge in [-0.1, -0.05) is 6.92 Å².